The molecule has 0 spiro atoms. The van der Waals surface area contributed by atoms with E-state index < -0.39 is 0 Å². The van der Waals surface area contributed by atoms with Crippen LogP contribution in [0.1, 0.15) is 12.5 Å². The average molecular weight is 258 g/mol. The second-order valence-corrected chi connectivity index (χ2v) is 4.65. The lowest BCUT2D eigenvalue weighted by Crippen LogP contribution is -2.00. The molecule has 0 radical (unpaired) electrons. The fourth-order valence-corrected chi connectivity index (χ4v) is 2.49. The van der Waals surface area contributed by atoms with Crippen LogP contribution in [-0.4, -0.2) is 19.3 Å². The topological polar surface area (TPSA) is 38.5 Å². The maximum Gasteiger partial charge on any atom is 0.184 e. The monoisotopic (exact) mass is 258 g/mol. The summed E-state index contributed by atoms with van der Waals surface area (Å²) in [5.41, 5.74) is 3.33. The highest BCUT2D eigenvalue weighted by Crippen LogP contribution is 2.21. The van der Waals surface area contributed by atoms with Crippen LogP contribution in [0.2, 0.25) is 0 Å². The van der Waals surface area contributed by atoms with Gasteiger partial charge in [-0.25, -0.2) is 0 Å². The molecule has 0 aliphatic heterocycles. The van der Waals surface area contributed by atoms with E-state index in [0.717, 1.165) is 23.4 Å². The van der Waals surface area contributed by atoms with Crippen LogP contribution in [0.15, 0.2) is 30.5 Å². The average Bonchev–Trinajstić information content (AvgIpc) is 2.92. The van der Waals surface area contributed by atoms with Crippen LogP contribution in [0.5, 0.6) is 0 Å². The van der Waals surface area contributed by atoms with Gasteiger partial charge in [-0.15, -0.1) is 0 Å². The Morgan fingerprint density at radius 3 is 2.89 bits per heavy atom. The fourth-order valence-electron chi connectivity index (χ4n) is 2.19. The van der Waals surface area contributed by atoms with Crippen molar-refractivity contribution in [2.45, 2.75) is 20.4 Å². The molecule has 2 heterocycles. The van der Waals surface area contributed by atoms with Crippen molar-refractivity contribution >= 4 is 23.3 Å². The third-order valence-corrected chi connectivity index (χ3v) is 3.37. The molecule has 18 heavy (non-hydrogen) atoms. The zero-order valence-electron chi connectivity index (χ0n) is 10.3. The van der Waals surface area contributed by atoms with Crippen LogP contribution in [0.4, 0.5) is 0 Å². The van der Waals surface area contributed by atoms with Gasteiger partial charge in [0.1, 0.15) is 0 Å². The van der Waals surface area contributed by atoms with Crippen LogP contribution in [-0.2, 0) is 6.54 Å². The largest absolute Gasteiger partial charge is 0.330 e. The molecule has 0 saturated carbocycles. The number of H-pyrrole nitrogens is 1. The molecule has 3 aromatic rings. The number of hydrogen-bond acceptors (Lipinski definition) is 2. The van der Waals surface area contributed by atoms with Gasteiger partial charge in [0.15, 0.2) is 10.6 Å². The smallest absolute Gasteiger partial charge is 0.184 e. The van der Waals surface area contributed by atoms with Gasteiger partial charge in [-0.2, -0.15) is 5.10 Å². The predicted octanol–water partition coefficient (Wildman–Crippen LogP) is 3.21. The van der Waals surface area contributed by atoms with Gasteiger partial charge in [0.25, 0.3) is 0 Å². The molecule has 5 heteroatoms. The van der Waals surface area contributed by atoms with E-state index in [1.807, 2.05) is 33.6 Å². The number of benzene rings is 1. The summed E-state index contributed by atoms with van der Waals surface area (Å²) < 4.78 is 4.57. The fraction of sp³-hybridized carbons (Fsp3) is 0.231. The Bertz CT molecular complexity index is 763. The molecule has 3 rings (SSSR count). The second-order valence-electron chi connectivity index (χ2n) is 4.27. The summed E-state index contributed by atoms with van der Waals surface area (Å²) in [6, 6.07) is 8.13. The van der Waals surface area contributed by atoms with Crippen molar-refractivity contribution < 1.29 is 0 Å². The van der Waals surface area contributed by atoms with Crippen LogP contribution in [0, 0.1) is 11.7 Å². The molecule has 0 aliphatic carbocycles. The SMILES string of the molecule is CCn1ccc(-n2c(=S)[nH]c3cccc(C)c32)n1. The van der Waals surface area contributed by atoms with Crippen molar-refractivity contribution in [3.63, 3.8) is 0 Å². The molecular weight excluding hydrogens is 244 g/mol. The first kappa shape index (κ1) is 11.2. The van der Waals surface area contributed by atoms with Crippen LogP contribution in [0.25, 0.3) is 16.9 Å². The van der Waals surface area contributed by atoms with Gasteiger partial charge in [-0.1, -0.05) is 12.1 Å². The summed E-state index contributed by atoms with van der Waals surface area (Å²) >= 11 is 5.40. The number of nitrogens with one attached hydrogen (secondary N) is 1. The van der Waals surface area contributed by atoms with Gasteiger partial charge >= 0.3 is 0 Å². The molecule has 0 unspecified atom stereocenters. The number of aryl methyl sites for hydroxylation is 2. The van der Waals surface area contributed by atoms with Crippen molar-refractivity contribution in [3.05, 3.63) is 40.8 Å². The lowest BCUT2D eigenvalue weighted by molar-refractivity contribution is 0.653. The molecule has 0 aliphatic rings. The minimum atomic E-state index is 0.681. The summed E-state index contributed by atoms with van der Waals surface area (Å²) in [7, 11) is 0. The molecule has 1 aromatic carbocycles. The van der Waals surface area contributed by atoms with Gasteiger partial charge < -0.3 is 4.98 Å². The standard InChI is InChI=1S/C13H14N4S/c1-3-16-8-7-11(15-16)17-12-9(2)5-4-6-10(12)14-13(17)18/h4-8H,3H2,1-2H3,(H,14,18). The van der Waals surface area contributed by atoms with Gasteiger partial charge in [0.05, 0.1) is 11.0 Å². The maximum atomic E-state index is 5.40. The Morgan fingerprint density at radius 1 is 1.33 bits per heavy atom. The Labute approximate surface area is 110 Å². The molecule has 0 amide bonds. The number of imidazole rings is 1. The van der Waals surface area contributed by atoms with Gasteiger partial charge in [0, 0.05) is 18.8 Å². The zero-order valence-corrected chi connectivity index (χ0v) is 11.2. The van der Waals surface area contributed by atoms with E-state index in [2.05, 4.69) is 30.0 Å². The van der Waals surface area contributed by atoms with Crippen LogP contribution >= 0.6 is 12.2 Å². The first-order valence-corrected chi connectivity index (χ1v) is 6.35. The number of fused-ring (bicyclic) bond motifs is 1. The quantitative estimate of drug-likeness (QED) is 0.717. The number of para-hydroxylation sites is 1. The number of hydrogen-bond donors (Lipinski definition) is 1. The van der Waals surface area contributed by atoms with E-state index in [0.29, 0.717) is 4.77 Å². The molecule has 0 fully saturated rings. The van der Waals surface area contributed by atoms with Crippen molar-refractivity contribution in [3.8, 4) is 5.82 Å². The van der Waals surface area contributed by atoms with Gasteiger partial charge in [-0.05, 0) is 37.7 Å². The first-order chi connectivity index (χ1) is 8.70. The second kappa shape index (κ2) is 4.10. The van der Waals surface area contributed by atoms with E-state index in [4.69, 9.17) is 12.2 Å². The Kier molecular flexibility index (Phi) is 2.56. The first-order valence-electron chi connectivity index (χ1n) is 5.95. The molecule has 4 nitrogen and oxygen atoms in total. The third kappa shape index (κ3) is 1.59. The van der Waals surface area contributed by atoms with E-state index in [1.54, 1.807) is 0 Å². The van der Waals surface area contributed by atoms with Crippen molar-refractivity contribution in [1.29, 1.82) is 0 Å². The van der Waals surface area contributed by atoms with Crippen molar-refractivity contribution in [2.24, 2.45) is 0 Å². The number of rotatable bonds is 2. The highest BCUT2D eigenvalue weighted by Gasteiger charge is 2.10. The van der Waals surface area contributed by atoms with E-state index in [9.17, 15) is 0 Å². The molecule has 0 atom stereocenters. The number of aromatic nitrogens is 4. The van der Waals surface area contributed by atoms with E-state index >= 15 is 0 Å². The molecule has 1 N–H and O–H groups in total. The third-order valence-electron chi connectivity index (χ3n) is 3.09. The lowest BCUT2D eigenvalue weighted by atomic mass is 10.2. The Morgan fingerprint density at radius 2 is 2.17 bits per heavy atom. The summed E-state index contributed by atoms with van der Waals surface area (Å²) in [5.74, 6) is 0.863. The van der Waals surface area contributed by atoms with Crippen molar-refractivity contribution in [2.75, 3.05) is 0 Å². The Hall–Kier alpha value is -1.88. The van der Waals surface area contributed by atoms with E-state index in [1.165, 1.54) is 5.56 Å². The molecule has 92 valence electrons. The molecule has 0 bridgehead atoms. The molecule has 2 aromatic heterocycles. The number of nitrogens with zero attached hydrogens (tertiary/aromatic N) is 3. The summed E-state index contributed by atoms with van der Waals surface area (Å²) in [6.45, 7) is 5.00. The number of aromatic amines is 1. The van der Waals surface area contributed by atoms with Crippen LogP contribution < -0.4 is 0 Å². The Balaban J connectivity index is 2.34. The van der Waals surface area contributed by atoms with Gasteiger partial charge in [-0.3, -0.25) is 9.25 Å². The molecule has 0 saturated heterocycles. The normalized spacial score (nSPS) is 11.2. The summed E-state index contributed by atoms with van der Waals surface area (Å²) in [4.78, 5) is 3.22. The van der Waals surface area contributed by atoms with E-state index in [-0.39, 0.29) is 0 Å². The zero-order chi connectivity index (χ0) is 12.7. The minimum absolute atomic E-state index is 0.681. The van der Waals surface area contributed by atoms with Gasteiger partial charge in [0.2, 0.25) is 0 Å². The predicted molar refractivity (Wildman–Crippen MR) is 74.7 cm³/mol. The highest BCUT2D eigenvalue weighted by atomic mass is 32.1. The van der Waals surface area contributed by atoms with Crippen LogP contribution in [0.3, 0.4) is 0 Å². The summed E-state index contributed by atoms with van der Waals surface area (Å²) in [5, 5.41) is 4.52. The highest BCUT2D eigenvalue weighted by molar-refractivity contribution is 7.71. The lowest BCUT2D eigenvalue weighted by Gasteiger charge is -2.02. The minimum Gasteiger partial charge on any atom is -0.330 e. The van der Waals surface area contributed by atoms with Crippen molar-refractivity contribution in [1.82, 2.24) is 19.3 Å². The molecular formula is C13H14N4S. The maximum absolute atomic E-state index is 5.40. The summed E-state index contributed by atoms with van der Waals surface area (Å²) in [6.07, 6.45) is 1.97.